The third-order valence-corrected chi connectivity index (χ3v) is 4.72. The fraction of sp³-hybridized carbons (Fsp3) is 0.611. The van der Waals surface area contributed by atoms with Crippen molar-refractivity contribution in [2.75, 3.05) is 11.5 Å². The van der Waals surface area contributed by atoms with E-state index in [9.17, 15) is 4.79 Å². The molecule has 1 aliphatic heterocycles. The average Bonchev–Trinajstić information content (AvgIpc) is 2.51. The molecule has 1 aromatic carbocycles. The first-order valence-corrected chi connectivity index (χ1v) is 9.44. The van der Waals surface area contributed by atoms with Gasteiger partial charge in [-0.2, -0.15) is 11.8 Å². The van der Waals surface area contributed by atoms with Crippen LogP contribution in [0.15, 0.2) is 24.3 Å². The summed E-state index contributed by atoms with van der Waals surface area (Å²) in [7, 11) is 0. The van der Waals surface area contributed by atoms with Gasteiger partial charge in [-0.15, -0.1) is 0 Å². The highest BCUT2D eigenvalue weighted by atomic mass is 32.2. The predicted octanol–water partition coefficient (Wildman–Crippen LogP) is 3.70. The lowest BCUT2D eigenvalue weighted by Gasteiger charge is -2.22. The van der Waals surface area contributed by atoms with Gasteiger partial charge in [0, 0.05) is 19.1 Å². The Hall–Kier alpha value is -1.20. The van der Waals surface area contributed by atoms with Gasteiger partial charge in [-0.1, -0.05) is 24.3 Å². The highest BCUT2D eigenvalue weighted by Crippen LogP contribution is 2.17. The Balaban J connectivity index is 1.72. The monoisotopic (exact) mass is 336 g/mol. The van der Waals surface area contributed by atoms with Crippen LogP contribution in [0, 0.1) is 0 Å². The second kappa shape index (κ2) is 8.60. The molecule has 2 rings (SSSR count). The van der Waals surface area contributed by atoms with Crippen molar-refractivity contribution in [1.82, 2.24) is 10.6 Å². The van der Waals surface area contributed by atoms with Crippen LogP contribution in [0.1, 0.15) is 44.7 Å². The van der Waals surface area contributed by atoms with E-state index in [0.717, 1.165) is 12.1 Å². The molecular weight excluding hydrogens is 308 g/mol. The van der Waals surface area contributed by atoms with E-state index >= 15 is 0 Å². The van der Waals surface area contributed by atoms with Gasteiger partial charge >= 0.3 is 6.09 Å². The van der Waals surface area contributed by atoms with Crippen molar-refractivity contribution < 1.29 is 9.53 Å². The van der Waals surface area contributed by atoms with Gasteiger partial charge in [-0.25, -0.2) is 4.79 Å². The third-order valence-electron chi connectivity index (χ3n) is 3.67. The first-order chi connectivity index (χ1) is 10.9. The van der Waals surface area contributed by atoms with Gasteiger partial charge in [0.15, 0.2) is 0 Å². The molecule has 0 bridgehead atoms. The van der Waals surface area contributed by atoms with Crippen molar-refractivity contribution in [2.24, 2.45) is 0 Å². The van der Waals surface area contributed by atoms with Crippen LogP contribution in [0.25, 0.3) is 0 Å². The number of hydrogen-bond donors (Lipinski definition) is 2. The van der Waals surface area contributed by atoms with E-state index in [0.29, 0.717) is 12.6 Å². The molecule has 0 atom stereocenters. The molecule has 23 heavy (non-hydrogen) atoms. The Kier molecular flexibility index (Phi) is 6.78. The van der Waals surface area contributed by atoms with Gasteiger partial charge in [0.25, 0.3) is 0 Å². The van der Waals surface area contributed by atoms with E-state index in [1.807, 2.05) is 32.5 Å². The Morgan fingerprint density at radius 2 is 1.70 bits per heavy atom. The third kappa shape index (κ3) is 7.27. The molecule has 1 aromatic rings. The Morgan fingerprint density at radius 1 is 1.13 bits per heavy atom. The molecule has 2 N–H and O–H groups in total. The minimum absolute atomic E-state index is 0.376. The van der Waals surface area contributed by atoms with Crippen LogP contribution in [0.3, 0.4) is 0 Å². The predicted molar refractivity (Wildman–Crippen MR) is 96.7 cm³/mol. The van der Waals surface area contributed by atoms with Crippen molar-refractivity contribution in [2.45, 2.75) is 58.3 Å². The van der Waals surface area contributed by atoms with Gasteiger partial charge in [-0.3, -0.25) is 0 Å². The number of thioether (sulfide) groups is 1. The van der Waals surface area contributed by atoms with Crippen LogP contribution in [0.5, 0.6) is 0 Å². The fourth-order valence-corrected chi connectivity index (χ4v) is 3.53. The summed E-state index contributed by atoms with van der Waals surface area (Å²) >= 11 is 2.05. The SMILES string of the molecule is CC(C)(C)OC(=O)NCc1ccc(CNC2CCSCC2)cc1. The Labute approximate surface area is 143 Å². The average molecular weight is 337 g/mol. The molecule has 128 valence electrons. The topological polar surface area (TPSA) is 50.4 Å². The summed E-state index contributed by atoms with van der Waals surface area (Å²) in [6.45, 7) is 6.98. The molecule has 0 saturated carbocycles. The summed E-state index contributed by atoms with van der Waals surface area (Å²) in [6.07, 6.45) is 2.16. The molecule has 4 nitrogen and oxygen atoms in total. The summed E-state index contributed by atoms with van der Waals surface area (Å²) in [4.78, 5) is 11.6. The minimum Gasteiger partial charge on any atom is -0.444 e. The summed E-state index contributed by atoms with van der Waals surface area (Å²) in [6, 6.07) is 9.02. The molecule has 0 aromatic heterocycles. The maximum absolute atomic E-state index is 11.6. The number of carbonyl (C=O) groups is 1. The molecule has 0 radical (unpaired) electrons. The molecule has 1 amide bonds. The largest absolute Gasteiger partial charge is 0.444 e. The lowest BCUT2D eigenvalue weighted by Crippen LogP contribution is -2.32. The van der Waals surface area contributed by atoms with Gasteiger partial charge in [0.05, 0.1) is 0 Å². The van der Waals surface area contributed by atoms with E-state index in [2.05, 4.69) is 34.9 Å². The zero-order chi connectivity index (χ0) is 16.7. The second-order valence-electron chi connectivity index (χ2n) is 6.94. The lowest BCUT2D eigenvalue weighted by molar-refractivity contribution is 0.0523. The quantitative estimate of drug-likeness (QED) is 0.861. The maximum atomic E-state index is 11.6. The molecule has 0 unspecified atom stereocenters. The molecule has 0 aliphatic carbocycles. The Bertz CT molecular complexity index is 491. The van der Waals surface area contributed by atoms with E-state index in [1.165, 1.54) is 29.9 Å². The van der Waals surface area contributed by atoms with E-state index in [4.69, 9.17) is 4.74 Å². The van der Waals surface area contributed by atoms with E-state index < -0.39 is 5.60 Å². The number of alkyl carbamates (subject to hydrolysis) is 1. The van der Waals surface area contributed by atoms with Gasteiger partial charge < -0.3 is 15.4 Å². The standard InChI is InChI=1S/C18H28N2O2S/c1-18(2,3)22-17(21)20-13-15-6-4-14(5-7-15)12-19-16-8-10-23-11-9-16/h4-7,16,19H,8-13H2,1-3H3,(H,20,21). The molecule has 5 heteroatoms. The van der Waals surface area contributed by atoms with Gasteiger partial charge in [-0.05, 0) is 56.2 Å². The fourth-order valence-electron chi connectivity index (χ4n) is 2.43. The summed E-state index contributed by atoms with van der Waals surface area (Å²) < 4.78 is 5.23. The number of ether oxygens (including phenoxy) is 1. The summed E-state index contributed by atoms with van der Waals surface area (Å²) in [5.41, 5.74) is 1.90. The molecular formula is C18H28N2O2S. The number of benzene rings is 1. The first-order valence-electron chi connectivity index (χ1n) is 8.28. The van der Waals surface area contributed by atoms with Gasteiger partial charge in [0.2, 0.25) is 0 Å². The molecule has 1 saturated heterocycles. The van der Waals surface area contributed by atoms with Crippen LogP contribution < -0.4 is 10.6 Å². The van der Waals surface area contributed by atoms with Crippen molar-refractivity contribution in [3.8, 4) is 0 Å². The second-order valence-corrected chi connectivity index (χ2v) is 8.16. The van der Waals surface area contributed by atoms with Crippen molar-refractivity contribution >= 4 is 17.9 Å². The van der Waals surface area contributed by atoms with Crippen LogP contribution in [0.4, 0.5) is 4.79 Å². The van der Waals surface area contributed by atoms with Crippen LogP contribution in [-0.4, -0.2) is 29.2 Å². The van der Waals surface area contributed by atoms with Crippen LogP contribution >= 0.6 is 11.8 Å². The molecule has 1 aliphatic rings. The molecule has 1 fully saturated rings. The smallest absolute Gasteiger partial charge is 0.407 e. The zero-order valence-corrected chi connectivity index (χ0v) is 15.2. The number of amides is 1. The molecule has 0 spiro atoms. The highest BCUT2D eigenvalue weighted by Gasteiger charge is 2.15. The summed E-state index contributed by atoms with van der Waals surface area (Å²) in [5, 5.41) is 6.41. The lowest BCUT2D eigenvalue weighted by atomic mass is 10.1. The highest BCUT2D eigenvalue weighted by molar-refractivity contribution is 7.99. The number of nitrogens with one attached hydrogen (secondary N) is 2. The Morgan fingerprint density at radius 3 is 2.26 bits per heavy atom. The van der Waals surface area contributed by atoms with Crippen molar-refractivity contribution in [3.05, 3.63) is 35.4 Å². The van der Waals surface area contributed by atoms with E-state index in [1.54, 1.807) is 0 Å². The van der Waals surface area contributed by atoms with Crippen molar-refractivity contribution in [3.63, 3.8) is 0 Å². The van der Waals surface area contributed by atoms with Crippen LogP contribution in [0.2, 0.25) is 0 Å². The first kappa shape index (κ1) is 18.1. The van der Waals surface area contributed by atoms with Crippen LogP contribution in [-0.2, 0) is 17.8 Å². The van der Waals surface area contributed by atoms with E-state index in [-0.39, 0.29) is 6.09 Å². The zero-order valence-electron chi connectivity index (χ0n) is 14.4. The number of rotatable bonds is 5. The number of carbonyl (C=O) groups excluding carboxylic acids is 1. The molecule has 1 heterocycles. The summed E-state index contributed by atoms with van der Waals surface area (Å²) in [5.74, 6) is 2.54. The van der Waals surface area contributed by atoms with Gasteiger partial charge in [0.1, 0.15) is 5.60 Å². The normalized spacial score (nSPS) is 16.1. The maximum Gasteiger partial charge on any atom is 0.407 e. The number of hydrogen-bond acceptors (Lipinski definition) is 4. The minimum atomic E-state index is -0.461. The van der Waals surface area contributed by atoms with Crippen molar-refractivity contribution in [1.29, 1.82) is 0 Å².